The van der Waals surface area contributed by atoms with E-state index < -0.39 is 10.0 Å². The summed E-state index contributed by atoms with van der Waals surface area (Å²) in [4.78, 5) is 11.0. The number of rotatable bonds is 9. The molecule has 0 fully saturated rings. The summed E-state index contributed by atoms with van der Waals surface area (Å²) in [6, 6.07) is 15.1. The molecule has 7 heteroatoms. The molecule has 0 aliphatic carbocycles. The second-order valence-electron chi connectivity index (χ2n) is 6.83. The minimum atomic E-state index is -3.30. The van der Waals surface area contributed by atoms with Crippen molar-refractivity contribution >= 4 is 21.6 Å². The highest BCUT2D eigenvalue weighted by Crippen LogP contribution is 2.11. The van der Waals surface area contributed by atoms with Gasteiger partial charge in [0.2, 0.25) is 15.9 Å². The Hall–Kier alpha value is -2.22. The second kappa shape index (κ2) is 9.64. The first-order valence-corrected chi connectivity index (χ1v) is 10.5. The Morgan fingerprint density at radius 3 is 1.85 bits per heavy atom. The van der Waals surface area contributed by atoms with Crippen LogP contribution < -0.4 is 15.4 Å². The quantitative estimate of drug-likeness (QED) is 0.615. The highest BCUT2D eigenvalue weighted by atomic mass is 32.2. The molecule has 0 aliphatic heterocycles. The third kappa shape index (κ3) is 7.90. The van der Waals surface area contributed by atoms with Crippen LogP contribution in [-0.4, -0.2) is 20.4 Å². The van der Waals surface area contributed by atoms with Gasteiger partial charge in [-0.25, -0.2) is 13.1 Å². The zero-order chi connectivity index (χ0) is 19.9. The average molecular weight is 390 g/mol. The lowest BCUT2D eigenvalue weighted by molar-refractivity contribution is -0.114. The lowest BCUT2D eigenvalue weighted by atomic mass is 10.1. The van der Waals surface area contributed by atoms with Gasteiger partial charge in [0.1, 0.15) is 0 Å². The van der Waals surface area contributed by atoms with Crippen LogP contribution in [0.5, 0.6) is 0 Å². The summed E-state index contributed by atoms with van der Waals surface area (Å²) in [5, 5.41) is 6.09. The number of carbonyl (C=O) groups excluding carboxylic acids is 1. The Morgan fingerprint density at radius 1 is 0.889 bits per heavy atom. The van der Waals surface area contributed by atoms with Gasteiger partial charge in [-0.1, -0.05) is 36.4 Å². The van der Waals surface area contributed by atoms with E-state index in [1.165, 1.54) is 6.92 Å². The molecule has 0 radical (unpaired) electrons. The molecule has 2 aromatic rings. The third-order valence-corrected chi connectivity index (χ3v) is 5.27. The van der Waals surface area contributed by atoms with Crippen LogP contribution in [0.25, 0.3) is 0 Å². The van der Waals surface area contributed by atoms with Crippen LogP contribution in [0.4, 0.5) is 5.69 Å². The van der Waals surface area contributed by atoms with Crippen molar-refractivity contribution in [1.29, 1.82) is 0 Å². The monoisotopic (exact) mass is 389 g/mol. The first-order valence-electron chi connectivity index (χ1n) is 8.88. The van der Waals surface area contributed by atoms with Gasteiger partial charge in [-0.3, -0.25) is 4.79 Å². The zero-order valence-corrected chi connectivity index (χ0v) is 16.8. The summed E-state index contributed by atoms with van der Waals surface area (Å²) in [6.07, 6.45) is 0. The number of hydrogen-bond donors (Lipinski definition) is 3. The van der Waals surface area contributed by atoms with E-state index in [2.05, 4.69) is 15.4 Å². The maximum Gasteiger partial charge on any atom is 0.221 e. The van der Waals surface area contributed by atoms with Crippen molar-refractivity contribution in [3.8, 4) is 0 Å². The molecule has 2 aromatic carbocycles. The molecule has 0 unspecified atom stereocenters. The van der Waals surface area contributed by atoms with E-state index in [0.29, 0.717) is 13.1 Å². The lowest BCUT2D eigenvalue weighted by Crippen LogP contribution is -2.31. The average Bonchev–Trinajstić information content (AvgIpc) is 2.56. The van der Waals surface area contributed by atoms with Gasteiger partial charge >= 0.3 is 0 Å². The number of sulfonamides is 1. The molecule has 0 aliphatic rings. The van der Waals surface area contributed by atoms with Gasteiger partial charge < -0.3 is 10.6 Å². The molecule has 0 bridgehead atoms. The van der Waals surface area contributed by atoms with Gasteiger partial charge in [0, 0.05) is 31.7 Å². The van der Waals surface area contributed by atoms with Crippen LogP contribution in [0.2, 0.25) is 0 Å². The normalized spacial score (nSPS) is 11.6. The van der Waals surface area contributed by atoms with Gasteiger partial charge in [-0.15, -0.1) is 0 Å². The van der Waals surface area contributed by atoms with Crippen molar-refractivity contribution < 1.29 is 13.2 Å². The summed E-state index contributed by atoms with van der Waals surface area (Å²) in [5.41, 5.74) is 3.75. The van der Waals surface area contributed by atoms with Crippen molar-refractivity contribution in [1.82, 2.24) is 10.0 Å². The summed E-state index contributed by atoms with van der Waals surface area (Å²) in [7, 11) is -3.30. The lowest BCUT2D eigenvalue weighted by Gasteiger charge is -2.10. The SMILES string of the molecule is CC(=O)Nc1ccc(CNCc2ccc(CS(=O)(=O)NC(C)C)cc2)cc1. The number of anilines is 1. The standard InChI is InChI=1S/C20H27N3O3S/c1-15(2)23-27(25,26)14-19-6-4-17(5-7-19)12-21-13-18-8-10-20(11-9-18)22-16(3)24/h4-11,15,21,23H,12-14H2,1-3H3,(H,22,24). The van der Waals surface area contributed by atoms with Crippen molar-refractivity contribution in [2.75, 3.05) is 5.32 Å². The summed E-state index contributed by atoms with van der Waals surface area (Å²) in [5.74, 6) is -0.100. The molecule has 0 saturated carbocycles. The minimum Gasteiger partial charge on any atom is -0.326 e. The first kappa shape index (κ1) is 21.1. The summed E-state index contributed by atoms with van der Waals surface area (Å²) in [6.45, 7) is 6.48. The van der Waals surface area contributed by atoms with Crippen LogP contribution in [-0.2, 0) is 33.7 Å². The minimum absolute atomic E-state index is 0.0143. The maximum atomic E-state index is 12.0. The van der Waals surface area contributed by atoms with Crippen LogP contribution in [0.1, 0.15) is 37.5 Å². The highest BCUT2D eigenvalue weighted by Gasteiger charge is 2.12. The second-order valence-corrected chi connectivity index (χ2v) is 8.58. The Balaban J connectivity index is 1.82. The van der Waals surface area contributed by atoms with Crippen molar-refractivity contribution in [3.05, 3.63) is 65.2 Å². The van der Waals surface area contributed by atoms with Crippen LogP contribution in [0, 0.1) is 0 Å². The van der Waals surface area contributed by atoms with Crippen molar-refractivity contribution in [2.24, 2.45) is 0 Å². The molecule has 6 nitrogen and oxygen atoms in total. The summed E-state index contributed by atoms with van der Waals surface area (Å²) < 4.78 is 26.5. The zero-order valence-electron chi connectivity index (χ0n) is 16.0. The molecular weight excluding hydrogens is 362 g/mol. The molecule has 146 valence electrons. The largest absolute Gasteiger partial charge is 0.326 e. The fraction of sp³-hybridized carbons (Fsp3) is 0.350. The van der Waals surface area contributed by atoms with E-state index in [-0.39, 0.29) is 17.7 Å². The first-order chi connectivity index (χ1) is 12.7. The number of amides is 1. The predicted octanol–water partition coefficient (Wildman–Crippen LogP) is 2.76. The van der Waals surface area contributed by atoms with Crippen LogP contribution in [0.3, 0.4) is 0 Å². The van der Waals surface area contributed by atoms with Gasteiger partial charge in [0.15, 0.2) is 0 Å². The van der Waals surface area contributed by atoms with E-state index in [9.17, 15) is 13.2 Å². The van der Waals surface area contributed by atoms with E-state index >= 15 is 0 Å². The van der Waals surface area contributed by atoms with Crippen LogP contribution in [0.15, 0.2) is 48.5 Å². The number of nitrogens with one attached hydrogen (secondary N) is 3. The van der Waals surface area contributed by atoms with Crippen LogP contribution >= 0.6 is 0 Å². The molecule has 1 amide bonds. The fourth-order valence-electron chi connectivity index (χ4n) is 2.63. The molecule has 0 spiro atoms. The molecule has 27 heavy (non-hydrogen) atoms. The van der Waals surface area contributed by atoms with E-state index in [0.717, 1.165) is 22.4 Å². The Bertz CT molecular complexity index is 845. The van der Waals surface area contributed by atoms with E-state index in [4.69, 9.17) is 0 Å². The van der Waals surface area contributed by atoms with Gasteiger partial charge in [-0.05, 0) is 42.7 Å². The number of carbonyl (C=O) groups is 1. The molecule has 0 saturated heterocycles. The number of benzene rings is 2. The molecular formula is C20H27N3O3S. The predicted molar refractivity (Wildman–Crippen MR) is 109 cm³/mol. The fourth-order valence-corrected chi connectivity index (χ4v) is 4.07. The smallest absolute Gasteiger partial charge is 0.221 e. The topological polar surface area (TPSA) is 87.3 Å². The molecule has 2 rings (SSSR count). The molecule has 0 aromatic heterocycles. The number of hydrogen-bond acceptors (Lipinski definition) is 4. The van der Waals surface area contributed by atoms with Crippen molar-refractivity contribution in [3.63, 3.8) is 0 Å². The van der Waals surface area contributed by atoms with Gasteiger partial charge in [-0.2, -0.15) is 0 Å². The maximum absolute atomic E-state index is 12.0. The molecule has 0 atom stereocenters. The van der Waals surface area contributed by atoms with Gasteiger partial charge in [0.05, 0.1) is 5.75 Å². The van der Waals surface area contributed by atoms with Gasteiger partial charge in [0.25, 0.3) is 0 Å². The van der Waals surface area contributed by atoms with Crippen molar-refractivity contribution in [2.45, 2.75) is 45.7 Å². The highest BCUT2D eigenvalue weighted by molar-refractivity contribution is 7.88. The Labute approximate surface area is 161 Å². The third-order valence-electron chi connectivity index (χ3n) is 3.73. The Kier molecular flexibility index (Phi) is 7.53. The molecule has 0 heterocycles. The molecule has 3 N–H and O–H groups in total. The Morgan fingerprint density at radius 2 is 1.37 bits per heavy atom. The van der Waals surface area contributed by atoms with E-state index in [1.807, 2.05) is 48.5 Å². The van der Waals surface area contributed by atoms with E-state index in [1.54, 1.807) is 13.8 Å². The summed E-state index contributed by atoms with van der Waals surface area (Å²) >= 11 is 0.